The summed E-state index contributed by atoms with van der Waals surface area (Å²) >= 11 is 0. The number of carbonyl (C=O) groups excluding carboxylic acids is 2. The van der Waals surface area contributed by atoms with Crippen molar-refractivity contribution in [1.29, 1.82) is 0 Å². The van der Waals surface area contributed by atoms with Crippen molar-refractivity contribution in [2.75, 3.05) is 26.2 Å². The van der Waals surface area contributed by atoms with Crippen LogP contribution in [0.3, 0.4) is 0 Å². The number of fused-ring (bicyclic) bond motifs is 3. The van der Waals surface area contributed by atoms with Crippen LogP contribution in [0.2, 0.25) is 0 Å². The molecule has 2 saturated carbocycles. The number of amides is 1. The number of esters is 1. The summed E-state index contributed by atoms with van der Waals surface area (Å²) in [7, 11) is 0. The Labute approximate surface area is 198 Å². The number of aliphatic hydroxyl groups excluding tert-OH is 3. The summed E-state index contributed by atoms with van der Waals surface area (Å²) in [6, 6.07) is -0.676. The predicted octanol–water partition coefficient (Wildman–Crippen LogP) is -0.708. The number of aliphatic hydroxyl groups is 3. The van der Waals surface area contributed by atoms with E-state index in [4.69, 9.17) is 4.74 Å². The van der Waals surface area contributed by atoms with Gasteiger partial charge in [0.2, 0.25) is 5.91 Å². The molecular formula is C24H34N2O8. The van der Waals surface area contributed by atoms with E-state index >= 15 is 0 Å². The van der Waals surface area contributed by atoms with Crippen LogP contribution >= 0.6 is 0 Å². The summed E-state index contributed by atoms with van der Waals surface area (Å²) in [5.74, 6) is -4.65. The number of ether oxygens (including phenoxy) is 1. The van der Waals surface area contributed by atoms with Crippen LogP contribution in [0.4, 0.5) is 0 Å². The Hall–Kier alpha value is -2.27. The van der Waals surface area contributed by atoms with E-state index in [2.05, 4.69) is 18.5 Å². The number of nitrogens with one attached hydrogen (secondary N) is 1. The Morgan fingerprint density at radius 3 is 2.68 bits per heavy atom. The summed E-state index contributed by atoms with van der Waals surface area (Å²) in [5.41, 5.74) is 1.37. The zero-order valence-electron chi connectivity index (χ0n) is 19.1. The Morgan fingerprint density at radius 2 is 2.00 bits per heavy atom. The van der Waals surface area contributed by atoms with Crippen molar-refractivity contribution in [3.8, 4) is 0 Å². The van der Waals surface area contributed by atoms with Crippen LogP contribution in [-0.2, 0) is 19.1 Å². The molecule has 9 atom stereocenters. The molecule has 2 aliphatic carbocycles. The van der Waals surface area contributed by atoms with Crippen LogP contribution in [0.15, 0.2) is 24.3 Å². The first-order valence-corrected chi connectivity index (χ1v) is 11.9. The fraction of sp³-hybridized carbons (Fsp3) is 0.708. The number of rotatable bonds is 7. The Balaban J connectivity index is 1.44. The van der Waals surface area contributed by atoms with E-state index in [0.29, 0.717) is 31.4 Å². The van der Waals surface area contributed by atoms with Crippen molar-refractivity contribution in [3.05, 3.63) is 24.3 Å². The lowest BCUT2D eigenvalue weighted by Gasteiger charge is -2.29. The van der Waals surface area contributed by atoms with Gasteiger partial charge in [-0.15, -0.1) is 0 Å². The van der Waals surface area contributed by atoms with Gasteiger partial charge in [0.25, 0.3) is 0 Å². The lowest BCUT2D eigenvalue weighted by molar-refractivity contribution is -0.146. The lowest BCUT2D eigenvalue weighted by Crippen LogP contribution is -2.47. The maximum atomic E-state index is 12.8. The van der Waals surface area contributed by atoms with Gasteiger partial charge in [-0.2, -0.15) is 0 Å². The molecule has 10 heteroatoms. The Morgan fingerprint density at radius 1 is 1.26 bits per heavy atom. The third-order valence-electron chi connectivity index (χ3n) is 8.15. The number of aliphatic carboxylic acids is 1. The van der Waals surface area contributed by atoms with Crippen molar-refractivity contribution < 1.29 is 39.5 Å². The van der Waals surface area contributed by atoms with Crippen molar-refractivity contribution >= 4 is 17.8 Å². The molecule has 4 fully saturated rings. The highest BCUT2D eigenvalue weighted by atomic mass is 16.6. The van der Waals surface area contributed by atoms with Gasteiger partial charge in [0.1, 0.15) is 12.1 Å². The molecule has 188 valence electrons. The predicted molar refractivity (Wildman–Crippen MR) is 119 cm³/mol. The fourth-order valence-corrected chi connectivity index (χ4v) is 6.33. The molecule has 0 spiro atoms. The van der Waals surface area contributed by atoms with Gasteiger partial charge in [-0.3, -0.25) is 19.3 Å². The maximum Gasteiger partial charge on any atom is 0.320 e. The van der Waals surface area contributed by atoms with E-state index in [-0.39, 0.29) is 31.3 Å². The number of carbonyl (C=O) groups is 3. The molecule has 4 aliphatic rings. The smallest absolute Gasteiger partial charge is 0.320 e. The number of carboxylic acid groups (broad SMARTS) is 1. The first-order valence-electron chi connectivity index (χ1n) is 11.9. The normalized spacial score (nSPS) is 38.7. The molecule has 0 unspecified atom stereocenters. The Kier molecular flexibility index (Phi) is 7.14. The van der Waals surface area contributed by atoms with E-state index in [0.717, 1.165) is 5.57 Å². The summed E-state index contributed by atoms with van der Waals surface area (Å²) < 4.78 is 5.69. The minimum atomic E-state index is -0.949. The molecule has 0 aromatic rings. The van der Waals surface area contributed by atoms with Gasteiger partial charge < -0.3 is 30.5 Å². The largest absolute Gasteiger partial charge is 0.480 e. The van der Waals surface area contributed by atoms with Crippen molar-refractivity contribution in [2.45, 2.75) is 50.0 Å². The van der Waals surface area contributed by atoms with Crippen LogP contribution in [-0.4, -0.2) is 93.8 Å². The zero-order chi connectivity index (χ0) is 24.7. The molecule has 34 heavy (non-hydrogen) atoms. The monoisotopic (exact) mass is 478 g/mol. The van der Waals surface area contributed by atoms with E-state index < -0.39 is 66.6 Å². The Bertz CT molecular complexity index is 875. The average Bonchev–Trinajstić information content (AvgIpc) is 3.44. The van der Waals surface area contributed by atoms with Gasteiger partial charge in [-0.05, 0) is 43.7 Å². The third kappa shape index (κ3) is 4.39. The molecule has 2 saturated heterocycles. The molecule has 5 N–H and O–H groups in total. The number of nitrogens with zero attached hydrogens (tertiary/aromatic N) is 1. The molecule has 2 aliphatic heterocycles. The summed E-state index contributed by atoms with van der Waals surface area (Å²) in [6.07, 6.45) is -0.358. The van der Waals surface area contributed by atoms with Crippen LogP contribution in [0.25, 0.3) is 0 Å². The number of likely N-dealkylation sites (tertiary alicyclic amines) is 1. The molecule has 0 bridgehead atoms. The van der Waals surface area contributed by atoms with Gasteiger partial charge >= 0.3 is 11.9 Å². The van der Waals surface area contributed by atoms with Gasteiger partial charge in [0.15, 0.2) is 0 Å². The van der Waals surface area contributed by atoms with Crippen molar-refractivity contribution in [3.63, 3.8) is 0 Å². The second-order valence-electron chi connectivity index (χ2n) is 10.1. The average molecular weight is 479 g/mol. The second-order valence-corrected chi connectivity index (χ2v) is 10.1. The van der Waals surface area contributed by atoms with Crippen LogP contribution in [0.5, 0.6) is 0 Å². The standard InChI is InChI=1S/C24H34N2O8/c1-11-6-18(29)20-15(24(33)34-21(20)19-12(2)17(28)7-14(11)19)8-25-22(30)13(10-27)9-26-5-3-4-16(26)23(31)32/h13-21,27-29H,1-10H2,(H,25,30)(H,31,32)/t13-,14-,15-,16-,17-,18-,19-,20+,21+/m0/s1. The first kappa shape index (κ1) is 24.8. The van der Waals surface area contributed by atoms with Crippen molar-refractivity contribution in [2.24, 2.45) is 29.6 Å². The molecule has 10 nitrogen and oxygen atoms in total. The molecule has 1 amide bonds. The molecule has 4 rings (SSSR count). The summed E-state index contributed by atoms with van der Waals surface area (Å²) in [6.45, 7) is 8.19. The van der Waals surface area contributed by atoms with E-state index in [9.17, 15) is 34.8 Å². The summed E-state index contributed by atoms with van der Waals surface area (Å²) in [4.78, 5) is 38.7. The van der Waals surface area contributed by atoms with Crippen LogP contribution < -0.4 is 5.32 Å². The molecular weight excluding hydrogens is 444 g/mol. The first-order chi connectivity index (χ1) is 16.1. The second kappa shape index (κ2) is 9.77. The maximum absolute atomic E-state index is 12.8. The SMILES string of the molecule is C=C1[C@@H]2[C@H]3OC(=O)[C@@H](CNC(=O)[C@H](CO)CN4CCC[C@H]4C(=O)O)[C@@H]3[C@@H](O)CC(=C)[C@@H]2C[C@@H]1O. The number of hydrogen-bond donors (Lipinski definition) is 5. The third-order valence-corrected chi connectivity index (χ3v) is 8.15. The van der Waals surface area contributed by atoms with E-state index in [1.54, 1.807) is 4.90 Å². The zero-order valence-corrected chi connectivity index (χ0v) is 19.1. The minimum Gasteiger partial charge on any atom is -0.480 e. The van der Waals surface area contributed by atoms with Gasteiger partial charge in [0.05, 0.1) is 30.7 Å². The van der Waals surface area contributed by atoms with Crippen LogP contribution in [0.1, 0.15) is 25.7 Å². The quantitative estimate of drug-likeness (QED) is 0.236. The number of carboxylic acids is 1. The van der Waals surface area contributed by atoms with Crippen molar-refractivity contribution in [1.82, 2.24) is 10.2 Å². The molecule has 0 aromatic carbocycles. The molecule has 0 radical (unpaired) electrons. The molecule has 2 heterocycles. The summed E-state index contributed by atoms with van der Waals surface area (Å²) in [5, 5.41) is 43.1. The highest BCUT2D eigenvalue weighted by Crippen LogP contribution is 2.52. The lowest BCUT2D eigenvalue weighted by atomic mass is 9.78. The highest BCUT2D eigenvalue weighted by molar-refractivity contribution is 5.81. The van der Waals surface area contributed by atoms with Gasteiger partial charge in [-0.1, -0.05) is 18.7 Å². The van der Waals surface area contributed by atoms with Gasteiger partial charge in [-0.25, -0.2) is 0 Å². The van der Waals surface area contributed by atoms with E-state index in [1.807, 2.05) is 0 Å². The van der Waals surface area contributed by atoms with Crippen LogP contribution in [0, 0.1) is 29.6 Å². The highest BCUT2D eigenvalue weighted by Gasteiger charge is 2.57. The minimum absolute atomic E-state index is 0.0757. The van der Waals surface area contributed by atoms with Gasteiger partial charge in [0, 0.05) is 24.9 Å². The topological polar surface area (TPSA) is 157 Å². The number of hydrogen-bond acceptors (Lipinski definition) is 8. The van der Waals surface area contributed by atoms with E-state index in [1.165, 1.54) is 0 Å². The molecule has 0 aromatic heterocycles. The fourth-order valence-electron chi connectivity index (χ4n) is 6.33.